The van der Waals surface area contributed by atoms with Crippen LogP contribution in [0, 0.1) is 0 Å². The van der Waals surface area contributed by atoms with E-state index in [1.54, 1.807) is 31.4 Å². The van der Waals surface area contributed by atoms with Crippen LogP contribution >= 0.6 is 0 Å². The van der Waals surface area contributed by atoms with Gasteiger partial charge in [0, 0.05) is 25.5 Å². The molecule has 0 amide bonds. The molecule has 3 nitrogen and oxygen atoms in total. The number of methoxy groups -OCH3 is 1. The SMILES string of the molecule is [2H]C([2H])([2H])C(=O)OC(C/C=C\C[Si](C)(C)C)c1ccc(OC)cc1. The van der Waals surface area contributed by atoms with Crippen LogP contribution in [0.1, 0.15) is 29.1 Å². The van der Waals surface area contributed by atoms with Crippen molar-refractivity contribution >= 4 is 14.0 Å². The van der Waals surface area contributed by atoms with Gasteiger partial charge in [-0.1, -0.05) is 43.9 Å². The molecule has 0 spiro atoms. The van der Waals surface area contributed by atoms with E-state index < -0.39 is 27.0 Å². The third-order valence-electron chi connectivity index (χ3n) is 2.98. The molecule has 116 valence electrons. The lowest BCUT2D eigenvalue weighted by atomic mass is 10.1. The Labute approximate surface area is 133 Å². The largest absolute Gasteiger partial charge is 0.497 e. The van der Waals surface area contributed by atoms with E-state index in [0.717, 1.165) is 11.6 Å². The number of allylic oxidation sites excluding steroid dienone is 1. The molecule has 0 aliphatic carbocycles. The molecule has 0 aliphatic rings. The lowest BCUT2D eigenvalue weighted by molar-refractivity contribution is -0.146. The van der Waals surface area contributed by atoms with E-state index in [4.69, 9.17) is 13.6 Å². The van der Waals surface area contributed by atoms with E-state index in [1.807, 2.05) is 6.08 Å². The first-order valence-corrected chi connectivity index (χ1v) is 10.7. The minimum atomic E-state index is -2.76. The topological polar surface area (TPSA) is 35.5 Å². The number of hydrogen-bond acceptors (Lipinski definition) is 3. The molecule has 1 aromatic carbocycles. The maximum atomic E-state index is 11.7. The third kappa shape index (κ3) is 7.13. The maximum Gasteiger partial charge on any atom is 0.303 e. The first kappa shape index (κ1) is 13.1. The highest BCUT2D eigenvalue weighted by atomic mass is 28.3. The average molecular weight is 309 g/mol. The van der Waals surface area contributed by atoms with Gasteiger partial charge in [0.1, 0.15) is 11.9 Å². The predicted molar refractivity (Wildman–Crippen MR) is 89.4 cm³/mol. The summed E-state index contributed by atoms with van der Waals surface area (Å²) in [5.74, 6) is -0.490. The molecule has 0 N–H and O–H groups in total. The smallest absolute Gasteiger partial charge is 0.303 e. The van der Waals surface area contributed by atoms with Gasteiger partial charge in [0.25, 0.3) is 0 Å². The van der Waals surface area contributed by atoms with Gasteiger partial charge >= 0.3 is 5.97 Å². The number of hydrogen-bond donors (Lipinski definition) is 0. The Hall–Kier alpha value is -1.55. The molecule has 1 unspecified atom stereocenters. The summed E-state index contributed by atoms with van der Waals surface area (Å²) < 4.78 is 31.9. The standard InChI is InChI=1S/C17H26O3Si/c1-14(18)20-17(8-6-7-13-21(3,4)5)15-9-11-16(19-2)12-10-15/h6-7,9-12,17H,8,13H2,1-5H3/b7-6-/i1D3. The van der Waals surface area contributed by atoms with E-state index in [2.05, 4.69) is 25.7 Å². The average Bonchev–Trinajstić information content (AvgIpc) is 2.48. The zero-order valence-corrected chi connectivity index (χ0v) is 14.2. The van der Waals surface area contributed by atoms with Crippen LogP contribution in [-0.4, -0.2) is 21.2 Å². The third-order valence-corrected chi connectivity index (χ3v) is 4.44. The Morgan fingerprint density at radius 1 is 1.29 bits per heavy atom. The number of ether oxygens (including phenoxy) is 2. The lowest BCUT2D eigenvalue weighted by Crippen LogP contribution is -2.17. The summed E-state index contributed by atoms with van der Waals surface area (Å²) in [5.41, 5.74) is 0.742. The summed E-state index contributed by atoms with van der Waals surface area (Å²) in [5, 5.41) is 0. The molecule has 1 atom stereocenters. The van der Waals surface area contributed by atoms with Crippen LogP contribution in [0.15, 0.2) is 36.4 Å². The Kier molecular flexibility index (Phi) is 5.02. The molecular weight excluding hydrogens is 280 g/mol. The minimum absolute atomic E-state index is 0.443. The van der Waals surface area contributed by atoms with E-state index >= 15 is 0 Å². The van der Waals surface area contributed by atoms with Crippen molar-refractivity contribution in [2.24, 2.45) is 0 Å². The van der Waals surface area contributed by atoms with Gasteiger partial charge < -0.3 is 9.47 Å². The Bertz CT molecular complexity index is 560. The van der Waals surface area contributed by atoms with Crippen molar-refractivity contribution in [1.82, 2.24) is 0 Å². The fraction of sp³-hybridized carbons (Fsp3) is 0.471. The second kappa shape index (κ2) is 8.03. The molecule has 0 heterocycles. The van der Waals surface area contributed by atoms with Crippen molar-refractivity contribution < 1.29 is 18.4 Å². The molecule has 0 radical (unpaired) electrons. The summed E-state index contributed by atoms with van der Waals surface area (Å²) in [6.45, 7) is 4.06. The van der Waals surface area contributed by atoms with Gasteiger partial charge in [-0.3, -0.25) is 4.79 Å². The van der Waals surface area contributed by atoms with E-state index in [1.165, 1.54) is 0 Å². The van der Waals surface area contributed by atoms with Crippen LogP contribution in [0.25, 0.3) is 0 Å². The summed E-state index contributed by atoms with van der Waals surface area (Å²) in [7, 11) is 0.386. The van der Waals surface area contributed by atoms with E-state index in [-0.39, 0.29) is 0 Å². The Morgan fingerprint density at radius 3 is 2.48 bits per heavy atom. The fourth-order valence-corrected chi connectivity index (χ4v) is 2.73. The van der Waals surface area contributed by atoms with Crippen molar-refractivity contribution in [3.8, 4) is 5.75 Å². The number of carbonyl (C=O) groups excluding carboxylic acids is 1. The van der Waals surface area contributed by atoms with Gasteiger partial charge in [0.15, 0.2) is 0 Å². The van der Waals surface area contributed by atoms with Crippen molar-refractivity contribution in [1.29, 1.82) is 0 Å². The van der Waals surface area contributed by atoms with Crippen LogP contribution in [0.4, 0.5) is 0 Å². The fourth-order valence-electron chi connectivity index (χ4n) is 1.86. The zero-order chi connectivity index (χ0) is 18.4. The molecule has 4 heteroatoms. The molecule has 0 aromatic heterocycles. The van der Waals surface area contributed by atoms with Gasteiger partial charge in [-0.15, -0.1) is 0 Å². The number of carbonyl (C=O) groups is 1. The number of rotatable bonds is 7. The molecule has 21 heavy (non-hydrogen) atoms. The summed E-state index contributed by atoms with van der Waals surface area (Å²) in [4.78, 5) is 11.7. The maximum absolute atomic E-state index is 11.7. The Balaban J connectivity index is 2.88. The van der Waals surface area contributed by atoms with Crippen molar-refractivity contribution in [3.05, 3.63) is 42.0 Å². The summed E-state index contributed by atoms with van der Waals surface area (Å²) in [6.07, 6.45) is 3.87. The van der Waals surface area contributed by atoms with Crippen LogP contribution in [0.3, 0.4) is 0 Å². The zero-order valence-electron chi connectivity index (χ0n) is 16.2. The molecule has 0 saturated heterocycles. The molecular formula is C17H26O3Si. The predicted octanol–water partition coefficient (Wildman–Crippen LogP) is 4.58. The number of benzene rings is 1. The highest BCUT2D eigenvalue weighted by molar-refractivity contribution is 6.76. The second-order valence-corrected chi connectivity index (χ2v) is 11.7. The Morgan fingerprint density at radius 2 is 1.95 bits per heavy atom. The van der Waals surface area contributed by atoms with Crippen LogP contribution in [-0.2, 0) is 9.53 Å². The quantitative estimate of drug-likeness (QED) is 0.420. The van der Waals surface area contributed by atoms with Gasteiger partial charge in [0.05, 0.1) is 7.11 Å². The normalized spacial score (nSPS) is 15.9. The monoisotopic (exact) mass is 309 g/mol. The lowest BCUT2D eigenvalue weighted by Gasteiger charge is -2.17. The molecule has 1 aromatic rings. The molecule has 0 aliphatic heterocycles. The van der Waals surface area contributed by atoms with Gasteiger partial charge in [0.2, 0.25) is 0 Å². The minimum Gasteiger partial charge on any atom is -0.497 e. The second-order valence-electron chi connectivity index (χ2n) is 6.14. The van der Waals surface area contributed by atoms with Crippen LogP contribution < -0.4 is 4.74 Å². The van der Waals surface area contributed by atoms with Crippen molar-refractivity contribution in [2.45, 2.75) is 45.1 Å². The molecule has 0 saturated carbocycles. The van der Waals surface area contributed by atoms with Crippen molar-refractivity contribution in [2.75, 3.05) is 7.11 Å². The first-order chi connectivity index (χ1) is 11.0. The molecule has 0 bridgehead atoms. The van der Waals surface area contributed by atoms with Crippen LogP contribution in [0.5, 0.6) is 5.75 Å². The first-order valence-electron chi connectivity index (χ1n) is 8.53. The van der Waals surface area contributed by atoms with E-state index in [0.29, 0.717) is 12.2 Å². The van der Waals surface area contributed by atoms with Gasteiger partial charge in [-0.25, -0.2) is 0 Å². The van der Waals surface area contributed by atoms with E-state index in [9.17, 15) is 4.79 Å². The summed E-state index contributed by atoms with van der Waals surface area (Å²) in [6, 6.07) is 8.11. The molecule has 1 rings (SSSR count). The highest BCUT2D eigenvalue weighted by Crippen LogP contribution is 2.24. The van der Waals surface area contributed by atoms with Gasteiger partial charge in [-0.2, -0.15) is 0 Å². The number of esters is 1. The summed E-state index contributed by atoms with van der Waals surface area (Å²) >= 11 is 0. The van der Waals surface area contributed by atoms with Crippen molar-refractivity contribution in [3.63, 3.8) is 0 Å². The van der Waals surface area contributed by atoms with Crippen LogP contribution in [0.2, 0.25) is 25.7 Å². The van der Waals surface area contributed by atoms with Gasteiger partial charge in [-0.05, 0) is 23.7 Å². The highest BCUT2D eigenvalue weighted by Gasteiger charge is 2.14. The molecule has 0 fully saturated rings.